The average Bonchev–Trinajstić information content (AvgIpc) is 2.31. The van der Waals surface area contributed by atoms with Crippen molar-refractivity contribution in [3.63, 3.8) is 0 Å². The Morgan fingerprint density at radius 3 is 2.47 bits per heavy atom. The summed E-state index contributed by atoms with van der Waals surface area (Å²) in [4.78, 5) is 12.8. The summed E-state index contributed by atoms with van der Waals surface area (Å²) in [6.07, 6.45) is 6.15. The number of rotatable bonds is 1. The van der Waals surface area contributed by atoms with Crippen molar-refractivity contribution < 1.29 is 9.53 Å². The van der Waals surface area contributed by atoms with Crippen molar-refractivity contribution in [3.05, 3.63) is 11.8 Å². The van der Waals surface area contributed by atoms with Gasteiger partial charge in [0.05, 0.1) is 13.4 Å². The van der Waals surface area contributed by atoms with Crippen LogP contribution in [0, 0.1) is 22.2 Å². The number of hydrogen-bond donors (Lipinski definition) is 0. The molecule has 2 aliphatic carbocycles. The Bertz CT molecular complexity index is 421. The minimum Gasteiger partial charge on any atom is -0.504 e. The molecule has 0 aliphatic heterocycles. The molecule has 2 rings (SSSR count). The van der Waals surface area contributed by atoms with Crippen LogP contribution in [0.4, 0.5) is 0 Å². The van der Waals surface area contributed by atoms with Crippen LogP contribution >= 0.6 is 0 Å². The van der Waals surface area contributed by atoms with Gasteiger partial charge in [-0.1, -0.05) is 41.0 Å². The molecule has 19 heavy (non-hydrogen) atoms. The van der Waals surface area contributed by atoms with Crippen molar-refractivity contribution in [1.82, 2.24) is 0 Å². The summed E-state index contributed by atoms with van der Waals surface area (Å²) in [7, 11) is 1.63. The Morgan fingerprint density at radius 2 is 1.89 bits per heavy atom. The Labute approximate surface area is 117 Å². The van der Waals surface area contributed by atoms with Crippen LogP contribution in [-0.4, -0.2) is 12.9 Å². The average molecular weight is 264 g/mol. The van der Waals surface area contributed by atoms with Crippen LogP contribution < -0.4 is 0 Å². The van der Waals surface area contributed by atoms with Crippen LogP contribution in [0.5, 0.6) is 0 Å². The van der Waals surface area contributed by atoms with Gasteiger partial charge in [-0.2, -0.15) is 0 Å². The lowest BCUT2D eigenvalue weighted by Gasteiger charge is -2.62. The Morgan fingerprint density at radius 1 is 1.26 bits per heavy atom. The van der Waals surface area contributed by atoms with E-state index < -0.39 is 0 Å². The van der Waals surface area contributed by atoms with E-state index in [-0.39, 0.29) is 22.0 Å². The summed E-state index contributed by atoms with van der Waals surface area (Å²) in [5, 5.41) is 0. The molecule has 0 aromatic rings. The maximum atomic E-state index is 12.8. The predicted molar refractivity (Wildman–Crippen MR) is 77.7 cm³/mol. The normalized spacial score (nSPS) is 44.0. The molecule has 0 heterocycles. The number of ether oxygens (including phenoxy) is 1. The molecule has 3 unspecified atom stereocenters. The lowest BCUT2D eigenvalue weighted by atomic mass is 9.41. The molecule has 2 aliphatic rings. The topological polar surface area (TPSA) is 26.3 Å². The van der Waals surface area contributed by atoms with Gasteiger partial charge < -0.3 is 4.74 Å². The minimum absolute atomic E-state index is 0.0919. The highest BCUT2D eigenvalue weighted by Crippen LogP contribution is 2.66. The molecule has 0 saturated heterocycles. The SMILES string of the molecule is COC=C1CC2(C)CC(C)CCC2(C)C(C)(C)C1=O. The van der Waals surface area contributed by atoms with Crippen molar-refractivity contribution >= 4 is 5.78 Å². The zero-order valence-corrected chi connectivity index (χ0v) is 13.3. The molecule has 0 N–H and O–H groups in total. The van der Waals surface area contributed by atoms with Crippen molar-refractivity contribution in [1.29, 1.82) is 0 Å². The van der Waals surface area contributed by atoms with Gasteiger partial charge in [0.1, 0.15) is 0 Å². The third-order valence-electron chi connectivity index (χ3n) is 6.35. The van der Waals surface area contributed by atoms with Crippen LogP contribution in [0.25, 0.3) is 0 Å². The predicted octanol–water partition coefficient (Wildman–Crippen LogP) is 4.35. The standard InChI is InChI=1S/C17H28O2/c1-12-7-8-17(5)15(2,3)14(18)13(11-19-6)10-16(17,4)9-12/h11-12H,7-10H2,1-6H3. The zero-order chi connectivity index (χ0) is 14.5. The monoisotopic (exact) mass is 264 g/mol. The third-order valence-corrected chi connectivity index (χ3v) is 6.35. The largest absolute Gasteiger partial charge is 0.504 e. The molecule has 0 amide bonds. The smallest absolute Gasteiger partial charge is 0.168 e. The fourth-order valence-electron chi connectivity index (χ4n) is 4.66. The lowest BCUT2D eigenvalue weighted by molar-refractivity contribution is -0.155. The fourth-order valence-corrected chi connectivity index (χ4v) is 4.66. The summed E-state index contributed by atoms with van der Waals surface area (Å²) < 4.78 is 5.15. The van der Waals surface area contributed by atoms with Crippen molar-refractivity contribution in [2.75, 3.05) is 7.11 Å². The van der Waals surface area contributed by atoms with Gasteiger partial charge in [0, 0.05) is 11.0 Å². The number of methoxy groups -OCH3 is 1. The van der Waals surface area contributed by atoms with Gasteiger partial charge in [-0.15, -0.1) is 0 Å². The molecule has 3 atom stereocenters. The minimum atomic E-state index is -0.301. The van der Waals surface area contributed by atoms with Gasteiger partial charge in [-0.05, 0) is 36.0 Å². The van der Waals surface area contributed by atoms with E-state index in [2.05, 4.69) is 34.6 Å². The number of hydrogen-bond acceptors (Lipinski definition) is 2. The highest BCUT2D eigenvalue weighted by Gasteiger charge is 2.62. The molecule has 2 fully saturated rings. The number of carbonyl (C=O) groups is 1. The van der Waals surface area contributed by atoms with Gasteiger partial charge in [-0.3, -0.25) is 4.79 Å². The first-order chi connectivity index (χ1) is 8.68. The molecule has 0 radical (unpaired) electrons. The van der Waals surface area contributed by atoms with E-state index in [4.69, 9.17) is 4.74 Å². The van der Waals surface area contributed by atoms with Gasteiger partial charge in [-0.25, -0.2) is 0 Å². The van der Waals surface area contributed by atoms with Crippen molar-refractivity contribution in [3.8, 4) is 0 Å². The van der Waals surface area contributed by atoms with Crippen molar-refractivity contribution in [2.24, 2.45) is 22.2 Å². The maximum absolute atomic E-state index is 12.8. The molecular weight excluding hydrogens is 236 g/mol. The molecule has 0 aromatic carbocycles. The van der Waals surface area contributed by atoms with E-state index in [1.165, 1.54) is 12.8 Å². The second-order valence-electron chi connectivity index (χ2n) is 7.75. The molecule has 108 valence electrons. The lowest BCUT2D eigenvalue weighted by Crippen LogP contribution is -2.58. The maximum Gasteiger partial charge on any atom is 0.168 e. The summed E-state index contributed by atoms with van der Waals surface area (Å²) in [6, 6.07) is 0. The summed E-state index contributed by atoms with van der Waals surface area (Å²) in [5.74, 6) is 1.04. The highest BCUT2D eigenvalue weighted by molar-refractivity contribution is 6.01. The number of allylic oxidation sites excluding steroid dienone is 1. The Kier molecular flexibility index (Phi) is 3.35. The first kappa shape index (κ1) is 14.6. The molecule has 0 aromatic heterocycles. The molecular formula is C17H28O2. The Hall–Kier alpha value is -0.790. The molecule has 0 bridgehead atoms. The first-order valence-electron chi connectivity index (χ1n) is 7.44. The van der Waals surface area contributed by atoms with Crippen LogP contribution in [0.3, 0.4) is 0 Å². The van der Waals surface area contributed by atoms with E-state index in [9.17, 15) is 4.79 Å². The molecule has 2 saturated carbocycles. The van der Waals surface area contributed by atoms with Crippen LogP contribution in [0.15, 0.2) is 11.8 Å². The van der Waals surface area contributed by atoms with Crippen LogP contribution in [0.1, 0.15) is 60.3 Å². The van der Waals surface area contributed by atoms with Crippen LogP contribution in [-0.2, 0) is 9.53 Å². The number of Topliss-reactive ketones (excluding diaryl/α,β-unsaturated/α-hetero) is 1. The van der Waals surface area contributed by atoms with Crippen LogP contribution in [0.2, 0.25) is 0 Å². The Balaban J connectivity index is 2.51. The summed E-state index contributed by atoms with van der Waals surface area (Å²) in [5.41, 5.74) is 0.868. The molecule has 2 nitrogen and oxygen atoms in total. The van der Waals surface area contributed by atoms with E-state index in [1.807, 2.05) is 0 Å². The number of ketones is 1. The van der Waals surface area contributed by atoms with E-state index in [1.54, 1.807) is 13.4 Å². The summed E-state index contributed by atoms with van der Waals surface area (Å²) >= 11 is 0. The quantitative estimate of drug-likeness (QED) is 0.520. The number of carbonyl (C=O) groups excluding carboxylic acids is 1. The second kappa shape index (κ2) is 4.36. The highest BCUT2D eigenvalue weighted by atomic mass is 16.5. The molecule has 0 spiro atoms. The molecule has 2 heteroatoms. The van der Waals surface area contributed by atoms with Crippen molar-refractivity contribution in [2.45, 2.75) is 60.3 Å². The second-order valence-corrected chi connectivity index (χ2v) is 7.75. The van der Waals surface area contributed by atoms with Gasteiger partial charge >= 0.3 is 0 Å². The van der Waals surface area contributed by atoms with Gasteiger partial charge in [0.15, 0.2) is 5.78 Å². The number of fused-ring (bicyclic) bond motifs is 1. The summed E-state index contributed by atoms with van der Waals surface area (Å²) in [6.45, 7) is 11.3. The zero-order valence-electron chi connectivity index (χ0n) is 13.3. The van der Waals surface area contributed by atoms with Gasteiger partial charge in [0.25, 0.3) is 0 Å². The van der Waals surface area contributed by atoms with E-state index >= 15 is 0 Å². The van der Waals surface area contributed by atoms with E-state index in [0.717, 1.165) is 24.3 Å². The fraction of sp³-hybridized carbons (Fsp3) is 0.824. The third kappa shape index (κ3) is 1.86. The first-order valence-corrected chi connectivity index (χ1v) is 7.44. The van der Waals surface area contributed by atoms with E-state index in [0.29, 0.717) is 0 Å². The van der Waals surface area contributed by atoms with Gasteiger partial charge in [0.2, 0.25) is 0 Å².